The maximum absolute atomic E-state index is 13.2. The summed E-state index contributed by atoms with van der Waals surface area (Å²) in [7, 11) is 0. The number of hydrogen-bond donors (Lipinski definition) is 1. The second-order valence-corrected chi connectivity index (χ2v) is 6.53. The highest BCUT2D eigenvalue weighted by Crippen LogP contribution is 2.35. The van der Waals surface area contributed by atoms with Crippen molar-refractivity contribution < 1.29 is 22.3 Å². The third kappa shape index (κ3) is 5.31. The topological polar surface area (TPSA) is 24.5 Å². The van der Waals surface area contributed by atoms with Crippen molar-refractivity contribution in [2.24, 2.45) is 5.92 Å². The molecule has 2 rings (SSSR count). The van der Waals surface area contributed by atoms with E-state index in [2.05, 4.69) is 28.8 Å². The molecular weight excluding hydrogens is 336 g/mol. The van der Waals surface area contributed by atoms with E-state index in [1.165, 1.54) is 12.1 Å². The van der Waals surface area contributed by atoms with Gasteiger partial charge in [-0.1, -0.05) is 32.4 Å². The number of benzene rings is 1. The maximum Gasteiger partial charge on any atom is 0.461 e. The first-order valence-corrected chi connectivity index (χ1v) is 8.75. The largest absolute Gasteiger partial charge is 0.461 e. The van der Waals surface area contributed by atoms with E-state index in [-0.39, 0.29) is 11.8 Å². The Morgan fingerprint density at radius 3 is 2.52 bits per heavy atom. The third-order valence-electron chi connectivity index (χ3n) is 4.54. The standard InChI is InChI=1S/C18H26F4N2O/c1-3-5-13(2)16(24-10-8-23-9-11-24)14-6-4-7-15(12-14)25-18(21,22)17(19)20/h4,6-7,12-13,16-17,23H,3,5,8-11H2,1-2H3/t13?,16-/m1/s1. The first-order valence-electron chi connectivity index (χ1n) is 8.75. The van der Waals surface area contributed by atoms with Crippen LogP contribution in [0.5, 0.6) is 5.75 Å². The van der Waals surface area contributed by atoms with E-state index >= 15 is 0 Å². The van der Waals surface area contributed by atoms with Gasteiger partial charge in [0.05, 0.1) is 0 Å². The molecule has 0 aromatic heterocycles. The summed E-state index contributed by atoms with van der Waals surface area (Å²) in [4.78, 5) is 2.32. The van der Waals surface area contributed by atoms with E-state index in [1.807, 2.05) is 6.07 Å². The Hall–Kier alpha value is -1.34. The van der Waals surface area contributed by atoms with Crippen molar-refractivity contribution in [3.63, 3.8) is 0 Å². The van der Waals surface area contributed by atoms with Gasteiger partial charge in [-0.15, -0.1) is 0 Å². The van der Waals surface area contributed by atoms with E-state index < -0.39 is 12.5 Å². The lowest BCUT2D eigenvalue weighted by atomic mass is 9.89. The SMILES string of the molecule is CCCC(C)[C@H](c1cccc(OC(F)(F)C(F)F)c1)N1CCNCC1. The number of rotatable bonds is 8. The minimum absolute atomic E-state index is 0.0470. The first-order chi connectivity index (χ1) is 11.8. The minimum Gasteiger partial charge on any atom is -0.428 e. The summed E-state index contributed by atoms with van der Waals surface area (Å²) < 4.78 is 55.5. The highest BCUT2D eigenvalue weighted by Gasteiger charge is 2.44. The van der Waals surface area contributed by atoms with Crippen molar-refractivity contribution in [2.75, 3.05) is 26.2 Å². The molecule has 1 fully saturated rings. The molecule has 1 aliphatic rings. The lowest BCUT2D eigenvalue weighted by Gasteiger charge is -2.39. The van der Waals surface area contributed by atoms with E-state index in [9.17, 15) is 17.6 Å². The number of piperazine rings is 1. The van der Waals surface area contributed by atoms with Gasteiger partial charge in [0.2, 0.25) is 0 Å². The number of hydrogen-bond acceptors (Lipinski definition) is 3. The quantitative estimate of drug-likeness (QED) is 0.698. The third-order valence-corrected chi connectivity index (χ3v) is 4.54. The molecule has 0 spiro atoms. The Morgan fingerprint density at radius 1 is 1.24 bits per heavy atom. The second-order valence-electron chi connectivity index (χ2n) is 6.53. The Morgan fingerprint density at radius 2 is 1.92 bits per heavy atom. The van der Waals surface area contributed by atoms with Crippen LogP contribution in [0.15, 0.2) is 24.3 Å². The number of alkyl halides is 4. The lowest BCUT2D eigenvalue weighted by molar-refractivity contribution is -0.253. The van der Waals surface area contributed by atoms with Crippen LogP contribution in [0.4, 0.5) is 17.6 Å². The van der Waals surface area contributed by atoms with Gasteiger partial charge in [-0.3, -0.25) is 4.90 Å². The van der Waals surface area contributed by atoms with E-state index in [0.29, 0.717) is 5.92 Å². The van der Waals surface area contributed by atoms with Gasteiger partial charge in [0.25, 0.3) is 0 Å². The predicted octanol–water partition coefficient (Wildman–Crippen LogP) is 4.31. The number of ether oxygens (including phenoxy) is 1. The van der Waals surface area contributed by atoms with Gasteiger partial charge in [-0.25, -0.2) is 0 Å². The minimum atomic E-state index is -4.49. The normalized spacial score (nSPS) is 19.0. The van der Waals surface area contributed by atoms with Gasteiger partial charge in [0.15, 0.2) is 0 Å². The molecule has 1 saturated heterocycles. The van der Waals surface area contributed by atoms with Gasteiger partial charge in [-0.2, -0.15) is 17.6 Å². The van der Waals surface area contributed by atoms with Crippen molar-refractivity contribution in [3.05, 3.63) is 29.8 Å². The maximum atomic E-state index is 13.2. The fourth-order valence-corrected chi connectivity index (χ4v) is 3.44. The Kier molecular flexibility index (Phi) is 7.07. The average molecular weight is 362 g/mol. The van der Waals surface area contributed by atoms with Gasteiger partial charge in [-0.05, 0) is 30.0 Å². The molecule has 0 bridgehead atoms. The molecule has 0 saturated carbocycles. The summed E-state index contributed by atoms with van der Waals surface area (Å²) in [6.07, 6.45) is -6.34. The van der Waals surface area contributed by atoms with Crippen LogP contribution < -0.4 is 10.1 Å². The van der Waals surface area contributed by atoms with Crippen LogP contribution in [-0.2, 0) is 0 Å². The monoisotopic (exact) mass is 362 g/mol. The van der Waals surface area contributed by atoms with E-state index in [1.54, 1.807) is 6.07 Å². The fraction of sp³-hybridized carbons (Fsp3) is 0.667. The smallest absolute Gasteiger partial charge is 0.428 e. The molecule has 25 heavy (non-hydrogen) atoms. The van der Waals surface area contributed by atoms with Crippen LogP contribution in [-0.4, -0.2) is 43.6 Å². The molecule has 1 N–H and O–H groups in total. The van der Waals surface area contributed by atoms with Gasteiger partial charge in [0, 0.05) is 32.2 Å². The Bertz CT molecular complexity index is 536. The van der Waals surface area contributed by atoms with Crippen molar-refractivity contribution in [1.29, 1.82) is 0 Å². The molecule has 142 valence electrons. The zero-order valence-corrected chi connectivity index (χ0v) is 14.7. The number of nitrogens with zero attached hydrogens (tertiary/aromatic N) is 1. The zero-order valence-electron chi connectivity index (χ0n) is 14.7. The van der Waals surface area contributed by atoms with Crippen LogP contribution in [0, 0.1) is 5.92 Å². The highest BCUT2D eigenvalue weighted by molar-refractivity contribution is 5.31. The van der Waals surface area contributed by atoms with Crippen LogP contribution in [0.2, 0.25) is 0 Å². The fourth-order valence-electron chi connectivity index (χ4n) is 3.44. The summed E-state index contributed by atoms with van der Waals surface area (Å²) in [6, 6.07) is 6.24. The molecular formula is C18H26F4N2O. The summed E-state index contributed by atoms with van der Waals surface area (Å²) in [5.41, 5.74) is 0.824. The summed E-state index contributed by atoms with van der Waals surface area (Å²) >= 11 is 0. The van der Waals surface area contributed by atoms with Crippen molar-refractivity contribution in [2.45, 2.75) is 45.3 Å². The molecule has 7 heteroatoms. The molecule has 0 radical (unpaired) electrons. The van der Waals surface area contributed by atoms with Crippen LogP contribution in [0.3, 0.4) is 0 Å². The predicted molar refractivity (Wildman–Crippen MR) is 89.3 cm³/mol. The van der Waals surface area contributed by atoms with Gasteiger partial charge in [0.1, 0.15) is 5.75 Å². The number of halogens is 4. The molecule has 1 aromatic rings. The van der Waals surface area contributed by atoms with Crippen molar-refractivity contribution in [1.82, 2.24) is 10.2 Å². The number of nitrogens with one attached hydrogen (secondary N) is 1. The molecule has 3 nitrogen and oxygen atoms in total. The second kappa shape index (κ2) is 8.85. The van der Waals surface area contributed by atoms with Crippen molar-refractivity contribution >= 4 is 0 Å². The van der Waals surface area contributed by atoms with Crippen molar-refractivity contribution in [3.8, 4) is 5.75 Å². The zero-order chi connectivity index (χ0) is 18.4. The Labute approximate surface area is 146 Å². The molecule has 1 unspecified atom stereocenters. The van der Waals surface area contributed by atoms with Crippen LogP contribution in [0.25, 0.3) is 0 Å². The first kappa shape index (κ1) is 20.0. The van der Waals surface area contributed by atoms with E-state index in [0.717, 1.165) is 44.6 Å². The summed E-state index contributed by atoms with van der Waals surface area (Å²) in [6.45, 7) is 7.70. The van der Waals surface area contributed by atoms with Gasteiger partial charge >= 0.3 is 12.5 Å². The van der Waals surface area contributed by atoms with E-state index in [4.69, 9.17) is 0 Å². The summed E-state index contributed by atoms with van der Waals surface area (Å²) in [5, 5.41) is 3.30. The van der Waals surface area contributed by atoms with Crippen LogP contribution >= 0.6 is 0 Å². The van der Waals surface area contributed by atoms with Crippen LogP contribution in [0.1, 0.15) is 38.3 Å². The highest BCUT2D eigenvalue weighted by atomic mass is 19.3. The molecule has 1 aliphatic heterocycles. The average Bonchev–Trinajstić information content (AvgIpc) is 2.56. The molecule has 0 amide bonds. The molecule has 0 aliphatic carbocycles. The summed E-state index contributed by atoms with van der Waals surface area (Å²) in [5.74, 6) is 0.0839. The lowest BCUT2D eigenvalue weighted by Crippen LogP contribution is -2.46. The van der Waals surface area contributed by atoms with Gasteiger partial charge < -0.3 is 10.1 Å². The molecule has 1 aromatic carbocycles. The molecule has 2 atom stereocenters. The Balaban J connectivity index is 2.25. The molecule has 1 heterocycles.